The van der Waals surface area contributed by atoms with Crippen molar-refractivity contribution in [3.63, 3.8) is 0 Å². The van der Waals surface area contributed by atoms with Crippen LogP contribution in [0.25, 0.3) is 0 Å². The fraction of sp³-hybridized carbons (Fsp3) is 0.800. The summed E-state index contributed by atoms with van der Waals surface area (Å²) in [4.78, 5) is 0. The van der Waals surface area contributed by atoms with Crippen LogP contribution in [0.1, 0.15) is 33.6 Å². The molecule has 0 aromatic carbocycles. The highest BCUT2D eigenvalue weighted by Gasteiger charge is 2.27. The summed E-state index contributed by atoms with van der Waals surface area (Å²) < 4.78 is 0. The van der Waals surface area contributed by atoms with E-state index in [1.807, 2.05) is 0 Å². The van der Waals surface area contributed by atoms with Crippen LogP contribution in [0.4, 0.5) is 0 Å². The third-order valence-corrected chi connectivity index (χ3v) is 2.03. The molecule has 0 aliphatic heterocycles. The van der Waals surface area contributed by atoms with Gasteiger partial charge in [-0.3, -0.25) is 0 Å². The molecular weight excluding hydrogens is 168 g/mol. The molecule has 0 amide bonds. The molecule has 0 aromatic rings. The van der Waals surface area contributed by atoms with E-state index < -0.39 is 17.3 Å². The predicted octanol–water partition coefficient (Wildman–Crippen LogP) is 0.283. The van der Waals surface area contributed by atoms with E-state index in [4.69, 9.17) is 6.42 Å². The quantitative estimate of drug-likeness (QED) is 0.553. The van der Waals surface area contributed by atoms with Gasteiger partial charge in [-0.1, -0.05) is 5.92 Å². The highest BCUT2D eigenvalue weighted by molar-refractivity contribution is 5.04. The van der Waals surface area contributed by atoms with Gasteiger partial charge in [-0.2, -0.15) is 0 Å². The van der Waals surface area contributed by atoms with Crippen LogP contribution in [0.5, 0.6) is 0 Å². The van der Waals surface area contributed by atoms with Gasteiger partial charge in [0.1, 0.15) is 5.60 Å². The van der Waals surface area contributed by atoms with Crippen molar-refractivity contribution in [2.45, 2.75) is 50.9 Å². The average Bonchev–Trinajstić information content (AvgIpc) is 1.98. The molecule has 0 spiro atoms. The molecule has 13 heavy (non-hydrogen) atoms. The van der Waals surface area contributed by atoms with Crippen molar-refractivity contribution in [1.29, 1.82) is 0 Å². The Morgan fingerprint density at radius 1 is 1.31 bits per heavy atom. The molecule has 3 N–H and O–H groups in total. The molecule has 0 aromatic heterocycles. The summed E-state index contributed by atoms with van der Waals surface area (Å²) in [5.41, 5.74) is -2.35. The van der Waals surface area contributed by atoms with Crippen LogP contribution in [0.3, 0.4) is 0 Å². The summed E-state index contributed by atoms with van der Waals surface area (Å²) in [7, 11) is 0. The van der Waals surface area contributed by atoms with Gasteiger partial charge < -0.3 is 15.3 Å². The topological polar surface area (TPSA) is 60.7 Å². The summed E-state index contributed by atoms with van der Waals surface area (Å²) in [5, 5.41) is 28.2. The van der Waals surface area contributed by atoms with Crippen LogP contribution in [0, 0.1) is 12.3 Å². The van der Waals surface area contributed by atoms with E-state index in [2.05, 4.69) is 5.92 Å². The lowest BCUT2D eigenvalue weighted by Gasteiger charge is -2.26. The van der Waals surface area contributed by atoms with Gasteiger partial charge in [0.05, 0.1) is 11.7 Å². The van der Waals surface area contributed by atoms with E-state index in [1.165, 1.54) is 20.8 Å². The van der Waals surface area contributed by atoms with Crippen molar-refractivity contribution >= 4 is 0 Å². The fourth-order valence-electron chi connectivity index (χ4n) is 0.843. The Kier molecular flexibility index (Phi) is 3.92. The normalized spacial score (nSPS) is 18.8. The second kappa shape index (κ2) is 4.10. The van der Waals surface area contributed by atoms with E-state index in [9.17, 15) is 15.3 Å². The molecule has 0 rings (SSSR count). The second-order valence-corrected chi connectivity index (χ2v) is 4.13. The Morgan fingerprint density at radius 3 is 2.08 bits per heavy atom. The molecule has 0 aliphatic rings. The lowest BCUT2D eigenvalue weighted by molar-refractivity contribution is -0.0585. The Morgan fingerprint density at radius 2 is 1.77 bits per heavy atom. The first-order chi connectivity index (χ1) is 5.69. The van der Waals surface area contributed by atoms with Crippen molar-refractivity contribution in [2.24, 2.45) is 0 Å². The van der Waals surface area contributed by atoms with E-state index in [-0.39, 0.29) is 12.8 Å². The molecule has 0 radical (unpaired) electrons. The summed E-state index contributed by atoms with van der Waals surface area (Å²) in [5.74, 6) is 2.21. The summed E-state index contributed by atoms with van der Waals surface area (Å²) >= 11 is 0. The minimum absolute atomic E-state index is 0.272. The molecule has 0 saturated carbocycles. The van der Waals surface area contributed by atoms with Gasteiger partial charge in [0.15, 0.2) is 0 Å². The standard InChI is InChI=1S/C10H18O3/c1-5-10(4,13)7-6-8(11)9(2,3)12/h1,8,11-13H,6-7H2,2-4H3/t8?,10-/m0/s1. The Hall–Kier alpha value is -0.560. The lowest BCUT2D eigenvalue weighted by atomic mass is 9.92. The first-order valence-corrected chi connectivity index (χ1v) is 4.29. The number of rotatable bonds is 4. The van der Waals surface area contributed by atoms with Crippen LogP contribution >= 0.6 is 0 Å². The van der Waals surface area contributed by atoms with Crippen LogP contribution in [0.2, 0.25) is 0 Å². The van der Waals surface area contributed by atoms with Gasteiger partial charge in [0, 0.05) is 0 Å². The van der Waals surface area contributed by atoms with Gasteiger partial charge in [0.2, 0.25) is 0 Å². The van der Waals surface area contributed by atoms with Crippen LogP contribution in [-0.2, 0) is 0 Å². The molecule has 0 saturated heterocycles. The molecule has 0 bridgehead atoms. The van der Waals surface area contributed by atoms with E-state index >= 15 is 0 Å². The minimum Gasteiger partial charge on any atom is -0.390 e. The first kappa shape index (κ1) is 12.4. The number of aliphatic hydroxyl groups is 3. The maximum atomic E-state index is 9.41. The Balaban J connectivity index is 3.99. The van der Waals surface area contributed by atoms with Gasteiger partial charge >= 0.3 is 0 Å². The van der Waals surface area contributed by atoms with Gasteiger partial charge in [-0.25, -0.2) is 0 Å². The number of aliphatic hydroxyl groups excluding tert-OH is 1. The molecule has 3 heteroatoms. The van der Waals surface area contributed by atoms with Crippen molar-refractivity contribution in [2.75, 3.05) is 0 Å². The van der Waals surface area contributed by atoms with Crippen LogP contribution in [-0.4, -0.2) is 32.6 Å². The summed E-state index contributed by atoms with van der Waals surface area (Å²) in [6.07, 6.45) is 4.74. The third kappa shape index (κ3) is 4.89. The Bertz CT molecular complexity index is 195. The van der Waals surface area contributed by atoms with Crippen molar-refractivity contribution in [1.82, 2.24) is 0 Å². The van der Waals surface area contributed by atoms with Crippen molar-refractivity contribution in [3.8, 4) is 12.3 Å². The molecule has 76 valence electrons. The monoisotopic (exact) mass is 186 g/mol. The highest BCUT2D eigenvalue weighted by atomic mass is 16.3. The fourth-order valence-corrected chi connectivity index (χ4v) is 0.843. The molecule has 0 aliphatic carbocycles. The molecular formula is C10H18O3. The highest BCUT2D eigenvalue weighted by Crippen LogP contribution is 2.18. The van der Waals surface area contributed by atoms with Crippen LogP contribution < -0.4 is 0 Å². The maximum Gasteiger partial charge on any atom is 0.122 e. The van der Waals surface area contributed by atoms with Gasteiger partial charge in [-0.15, -0.1) is 6.42 Å². The number of terminal acetylenes is 1. The zero-order valence-corrected chi connectivity index (χ0v) is 8.41. The average molecular weight is 186 g/mol. The Labute approximate surface area is 79.4 Å². The van der Waals surface area contributed by atoms with Gasteiger partial charge in [0.25, 0.3) is 0 Å². The van der Waals surface area contributed by atoms with Crippen molar-refractivity contribution in [3.05, 3.63) is 0 Å². The summed E-state index contributed by atoms with van der Waals surface area (Å²) in [6, 6.07) is 0. The minimum atomic E-state index is -1.20. The lowest BCUT2D eigenvalue weighted by Crippen LogP contribution is -2.37. The number of hydrogen-bond acceptors (Lipinski definition) is 3. The summed E-state index contributed by atoms with van der Waals surface area (Å²) in [6.45, 7) is 4.54. The molecule has 1 unspecified atom stereocenters. The second-order valence-electron chi connectivity index (χ2n) is 4.13. The van der Waals surface area contributed by atoms with E-state index in [1.54, 1.807) is 0 Å². The molecule has 3 nitrogen and oxygen atoms in total. The largest absolute Gasteiger partial charge is 0.390 e. The number of hydrogen-bond donors (Lipinski definition) is 3. The predicted molar refractivity (Wildman–Crippen MR) is 51.0 cm³/mol. The zero-order valence-electron chi connectivity index (χ0n) is 8.41. The van der Waals surface area contributed by atoms with Crippen molar-refractivity contribution < 1.29 is 15.3 Å². The third-order valence-electron chi connectivity index (χ3n) is 2.03. The SMILES string of the molecule is C#C[C@](C)(O)CCC(O)C(C)(C)O. The molecule has 2 atom stereocenters. The molecule has 0 heterocycles. The van der Waals surface area contributed by atoms with E-state index in [0.29, 0.717) is 0 Å². The van der Waals surface area contributed by atoms with E-state index in [0.717, 1.165) is 0 Å². The van der Waals surface area contributed by atoms with Crippen LogP contribution in [0.15, 0.2) is 0 Å². The van der Waals surface area contributed by atoms with Gasteiger partial charge in [-0.05, 0) is 33.6 Å². The zero-order chi connectivity index (χ0) is 10.7. The smallest absolute Gasteiger partial charge is 0.122 e. The first-order valence-electron chi connectivity index (χ1n) is 4.29. The maximum absolute atomic E-state index is 9.41. The molecule has 0 fully saturated rings.